The van der Waals surface area contributed by atoms with Crippen molar-refractivity contribution in [1.82, 2.24) is 4.90 Å². The lowest BCUT2D eigenvalue weighted by Crippen LogP contribution is -2.49. The Morgan fingerprint density at radius 3 is 2.48 bits per heavy atom. The quantitative estimate of drug-likeness (QED) is 0.399. The van der Waals surface area contributed by atoms with Crippen molar-refractivity contribution in [1.29, 1.82) is 0 Å². The van der Waals surface area contributed by atoms with E-state index in [9.17, 15) is 9.59 Å². The van der Waals surface area contributed by atoms with Gasteiger partial charge in [0.15, 0.2) is 6.61 Å². The fourth-order valence-corrected chi connectivity index (χ4v) is 3.98. The molecular formula is C26H25ClN2O4. The maximum Gasteiger partial charge on any atom is 0.331 e. The molecule has 1 aliphatic rings. The number of piperazine rings is 1. The first-order chi connectivity index (χ1) is 16.0. The van der Waals surface area contributed by atoms with E-state index < -0.39 is 5.97 Å². The third-order valence-electron chi connectivity index (χ3n) is 5.63. The third-order valence-corrected chi connectivity index (χ3v) is 5.86. The molecule has 0 spiro atoms. The summed E-state index contributed by atoms with van der Waals surface area (Å²) in [5, 5.41) is 2.78. The van der Waals surface area contributed by atoms with Gasteiger partial charge in [0.25, 0.3) is 5.91 Å². The number of hydrogen-bond donors (Lipinski definition) is 0. The molecule has 0 bridgehead atoms. The van der Waals surface area contributed by atoms with Gasteiger partial charge < -0.3 is 19.3 Å². The molecule has 0 atom stereocenters. The molecule has 1 heterocycles. The highest BCUT2D eigenvalue weighted by Gasteiger charge is 2.22. The molecular weight excluding hydrogens is 440 g/mol. The molecule has 6 nitrogen and oxygen atoms in total. The van der Waals surface area contributed by atoms with Gasteiger partial charge in [0, 0.05) is 43.0 Å². The molecule has 0 unspecified atom stereocenters. The van der Waals surface area contributed by atoms with Gasteiger partial charge in [0.1, 0.15) is 5.75 Å². The fraction of sp³-hybridized carbons (Fsp3) is 0.231. The lowest BCUT2D eigenvalue weighted by atomic mass is 10.1. The number of benzene rings is 3. The van der Waals surface area contributed by atoms with Crippen molar-refractivity contribution in [3.8, 4) is 5.75 Å². The van der Waals surface area contributed by atoms with E-state index in [1.807, 2.05) is 60.7 Å². The topological polar surface area (TPSA) is 59.1 Å². The average Bonchev–Trinajstić information content (AvgIpc) is 2.85. The van der Waals surface area contributed by atoms with E-state index in [-0.39, 0.29) is 12.5 Å². The summed E-state index contributed by atoms with van der Waals surface area (Å²) < 4.78 is 10.4. The number of halogens is 1. The van der Waals surface area contributed by atoms with Crippen LogP contribution in [0.4, 0.5) is 5.69 Å². The smallest absolute Gasteiger partial charge is 0.331 e. The second-order valence-electron chi connectivity index (χ2n) is 7.76. The van der Waals surface area contributed by atoms with E-state index in [1.54, 1.807) is 18.1 Å². The Kier molecular flexibility index (Phi) is 7.15. The fourth-order valence-electron chi connectivity index (χ4n) is 3.80. The van der Waals surface area contributed by atoms with Crippen molar-refractivity contribution in [3.05, 3.63) is 77.3 Å². The van der Waals surface area contributed by atoms with E-state index in [4.69, 9.17) is 21.1 Å². The number of ether oxygens (including phenoxy) is 2. The number of esters is 1. The third kappa shape index (κ3) is 5.84. The molecule has 0 aliphatic carbocycles. The zero-order valence-corrected chi connectivity index (χ0v) is 19.1. The van der Waals surface area contributed by atoms with Crippen LogP contribution in [-0.2, 0) is 14.3 Å². The Morgan fingerprint density at radius 1 is 0.970 bits per heavy atom. The molecule has 0 saturated carbocycles. The standard InChI is InChI=1S/C26H25ClN2O4/c1-32-24-9-8-20-15-19(5-7-21(20)16-24)6-10-26(31)33-18-25(30)29-13-11-28(12-14-29)23-4-2-3-22(27)17-23/h2-10,15-17H,11-14,18H2,1H3/b10-6+. The molecule has 7 heteroatoms. The molecule has 1 fully saturated rings. The first-order valence-electron chi connectivity index (χ1n) is 10.7. The summed E-state index contributed by atoms with van der Waals surface area (Å²) in [7, 11) is 1.63. The van der Waals surface area contributed by atoms with Gasteiger partial charge in [-0.25, -0.2) is 4.79 Å². The highest BCUT2D eigenvalue weighted by molar-refractivity contribution is 6.30. The number of rotatable bonds is 6. The predicted molar refractivity (Wildman–Crippen MR) is 131 cm³/mol. The van der Waals surface area contributed by atoms with E-state index in [2.05, 4.69) is 4.90 Å². The second kappa shape index (κ2) is 10.4. The van der Waals surface area contributed by atoms with E-state index in [0.717, 1.165) is 27.8 Å². The van der Waals surface area contributed by atoms with Crippen LogP contribution in [-0.4, -0.2) is 56.7 Å². The van der Waals surface area contributed by atoms with Crippen molar-refractivity contribution in [2.45, 2.75) is 0 Å². The van der Waals surface area contributed by atoms with Crippen LogP contribution in [0.15, 0.2) is 66.7 Å². The van der Waals surface area contributed by atoms with Gasteiger partial charge in [-0.2, -0.15) is 0 Å². The Balaban J connectivity index is 1.25. The molecule has 0 N–H and O–H groups in total. The molecule has 3 aromatic carbocycles. The SMILES string of the molecule is COc1ccc2cc(/C=C/C(=O)OCC(=O)N3CCN(c4cccc(Cl)c4)CC3)ccc2c1. The van der Waals surface area contributed by atoms with E-state index >= 15 is 0 Å². The molecule has 1 amide bonds. The first kappa shape index (κ1) is 22.7. The summed E-state index contributed by atoms with van der Waals surface area (Å²) in [5.41, 5.74) is 1.91. The van der Waals surface area contributed by atoms with Gasteiger partial charge in [-0.1, -0.05) is 35.9 Å². The Labute approximate surface area is 197 Å². The number of fused-ring (bicyclic) bond motifs is 1. The molecule has 1 saturated heterocycles. The summed E-state index contributed by atoms with van der Waals surface area (Å²) in [4.78, 5) is 28.5. The van der Waals surface area contributed by atoms with Crippen LogP contribution >= 0.6 is 11.6 Å². The Bertz CT molecular complexity index is 1190. The number of nitrogens with zero attached hydrogens (tertiary/aromatic N) is 2. The summed E-state index contributed by atoms with van der Waals surface area (Å²) in [6.45, 7) is 2.28. The maximum absolute atomic E-state index is 12.4. The maximum atomic E-state index is 12.4. The molecule has 0 aromatic heterocycles. The van der Waals surface area contributed by atoms with Crippen LogP contribution in [0.25, 0.3) is 16.8 Å². The number of hydrogen-bond acceptors (Lipinski definition) is 5. The zero-order chi connectivity index (χ0) is 23.2. The van der Waals surface area contributed by atoms with Crippen molar-refractivity contribution in [3.63, 3.8) is 0 Å². The predicted octanol–water partition coefficient (Wildman–Crippen LogP) is 4.41. The number of carbonyl (C=O) groups is 2. The number of carbonyl (C=O) groups excluding carboxylic acids is 2. The van der Waals surface area contributed by atoms with Crippen LogP contribution in [0.5, 0.6) is 5.75 Å². The molecule has 170 valence electrons. The molecule has 4 rings (SSSR count). The zero-order valence-electron chi connectivity index (χ0n) is 18.4. The van der Waals surface area contributed by atoms with Gasteiger partial charge in [0.05, 0.1) is 7.11 Å². The largest absolute Gasteiger partial charge is 0.497 e. The monoisotopic (exact) mass is 464 g/mol. The summed E-state index contributed by atoms with van der Waals surface area (Å²) in [6, 6.07) is 19.3. The second-order valence-corrected chi connectivity index (χ2v) is 8.20. The molecule has 33 heavy (non-hydrogen) atoms. The van der Waals surface area contributed by atoms with Gasteiger partial charge >= 0.3 is 5.97 Å². The van der Waals surface area contributed by atoms with Crippen molar-refractivity contribution >= 4 is 46.0 Å². The lowest BCUT2D eigenvalue weighted by molar-refractivity contribution is -0.148. The van der Waals surface area contributed by atoms with Crippen LogP contribution in [0, 0.1) is 0 Å². The van der Waals surface area contributed by atoms with E-state index in [1.165, 1.54) is 6.08 Å². The van der Waals surface area contributed by atoms with Crippen LogP contribution in [0.1, 0.15) is 5.56 Å². The molecule has 3 aromatic rings. The normalized spacial score (nSPS) is 14.0. The number of anilines is 1. The minimum atomic E-state index is -0.546. The van der Waals surface area contributed by atoms with Gasteiger partial charge in [-0.3, -0.25) is 4.79 Å². The molecule has 1 aliphatic heterocycles. The van der Waals surface area contributed by atoms with Gasteiger partial charge in [-0.05, 0) is 58.8 Å². The summed E-state index contributed by atoms with van der Waals surface area (Å²) in [5.74, 6) is 0.0581. The number of amides is 1. The molecule has 0 radical (unpaired) electrons. The Hall–Kier alpha value is -3.51. The highest BCUT2D eigenvalue weighted by atomic mass is 35.5. The van der Waals surface area contributed by atoms with E-state index in [0.29, 0.717) is 31.2 Å². The minimum absolute atomic E-state index is 0.192. The summed E-state index contributed by atoms with van der Waals surface area (Å²) in [6.07, 6.45) is 3.02. The van der Waals surface area contributed by atoms with Crippen LogP contribution in [0.3, 0.4) is 0 Å². The van der Waals surface area contributed by atoms with Crippen LogP contribution in [0.2, 0.25) is 5.02 Å². The highest BCUT2D eigenvalue weighted by Crippen LogP contribution is 2.23. The number of methoxy groups -OCH3 is 1. The van der Waals surface area contributed by atoms with Gasteiger partial charge in [0.2, 0.25) is 0 Å². The van der Waals surface area contributed by atoms with Crippen molar-refractivity contribution in [2.75, 3.05) is 44.8 Å². The minimum Gasteiger partial charge on any atom is -0.497 e. The van der Waals surface area contributed by atoms with Gasteiger partial charge in [-0.15, -0.1) is 0 Å². The Morgan fingerprint density at radius 2 is 1.73 bits per heavy atom. The van der Waals surface area contributed by atoms with Crippen molar-refractivity contribution < 1.29 is 19.1 Å². The lowest BCUT2D eigenvalue weighted by Gasteiger charge is -2.36. The van der Waals surface area contributed by atoms with Crippen molar-refractivity contribution in [2.24, 2.45) is 0 Å². The van der Waals surface area contributed by atoms with Crippen LogP contribution < -0.4 is 9.64 Å². The first-order valence-corrected chi connectivity index (χ1v) is 11.1. The average molecular weight is 465 g/mol. The summed E-state index contributed by atoms with van der Waals surface area (Å²) >= 11 is 6.07.